The minimum atomic E-state index is -1.72. The van der Waals surface area contributed by atoms with Crippen LogP contribution in [0.25, 0.3) is 0 Å². The van der Waals surface area contributed by atoms with Gasteiger partial charge in [-0.25, -0.2) is 0 Å². The van der Waals surface area contributed by atoms with Gasteiger partial charge in [0.2, 0.25) is 0 Å². The van der Waals surface area contributed by atoms with Crippen LogP contribution in [0.3, 0.4) is 0 Å². The highest BCUT2D eigenvalue weighted by atomic mass is 28.3. The van der Waals surface area contributed by atoms with E-state index in [1.54, 1.807) is 0 Å². The van der Waals surface area contributed by atoms with Gasteiger partial charge in [-0.05, 0) is 47.3 Å². The van der Waals surface area contributed by atoms with Crippen molar-refractivity contribution in [2.45, 2.75) is 122 Å². The molecule has 0 aromatic carbocycles. The van der Waals surface area contributed by atoms with Gasteiger partial charge in [-0.3, -0.25) is 4.90 Å². The molecule has 0 aliphatic rings. The van der Waals surface area contributed by atoms with Crippen molar-refractivity contribution in [1.29, 1.82) is 0 Å². The Morgan fingerprint density at radius 2 is 0.679 bits per heavy atom. The van der Waals surface area contributed by atoms with Crippen LogP contribution in [0, 0.1) is 22.9 Å². The maximum Gasteiger partial charge on any atom is 0.146 e. The Balaban J connectivity index is 6.36. The molecule has 0 aromatic heterocycles. The average molecular weight is 420 g/mol. The summed E-state index contributed by atoms with van der Waals surface area (Å²) in [5.41, 5.74) is 11.7. The Morgan fingerprint density at radius 1 is 0.464 bits per heavy atom. The second kappa shape index (κ2) is 11.1. The van der Waals surface area contributed by atoms with Crippen LogP contribution in [-0.4, -0.2) is 41.2 Å². The van der Waals surface area contributed by atoms with Crippen LogP contribution in [-0.2, 0) is 0 Å². The molecule has 0 saturated heterocycles. The molecule has 0 fully saturated rings. The smallest absolute Gasteiger partial charge is 0.146 e. The normalized spacial score (nSPS) is 13.2. The maximum absolute atomic E-state index is 3.90. The van der Waals surface area contributed by atoms with Crippen molar-refractivity contribution < 1.29 is 0 Å². The second-order valence-electron chi connectivity index (χ2n) is 10.7. The Kier molecular flexibility index (Phi) is 10.9. The molecule has 1 nitrogen and oxygen atoms in total. The molecule has 28 heavy (non-hydrogen) atoms. The first kappa shape index (κ1) is 27.5. The van der Waals surface area contributed by atoms with Crippen molar-refractivity contribution in [1.82, 2.24) is 4.90 Å². The third-order valence-corrected chi connectivity index (χ3v) is 19.7. The number of hydrogen-bond donors (Lipinski definition) is 0. The van der Waals surface area contributed by atoms with Gasteiger partial charge in [0.05, 0.1) is 0 Å². The number of rotatable bonds is 7. The SMILES string of the molecule is CC(C)[Si](C#CC(C#C[Si](C(C)C)(C(C)C)C(C)C)N(C)C)(C(C)C)C(C)C. The number of hydrogen-bond acceptors (Lipinski definition) is 1. The third kappa shape index (κ3) is 5.78. The zero-order valence-electron chi connectivity index (χ0n) is 21.5. The minimum absolute atomic E-state index is 0.0336. The lowest BCUT2D eigenvalue weighted by molar-refractivity contribution is 0.409. The third-order valence-electron chi connectivity index (χ3n) is 7.10. The summed E-state index contributed by atoms with van der Waals surface area (Å²) < 4.78 is 0. The molecule has 0 atom stereocenters. The zero-order valence-corrected chi connectivity index (χ0v) is 23.5. The molecule has 0 unspecified atom stereocenters. The van der Waals surface area contributed by atoms with Gasteiger partial charge < -0.3 is 0 Å². The van der Waals surface area contributed by atoms with Crippen molar-refractivity contribution in [3.8, 4) is 22.9 Å². The van der Waals surface area contributed by atoms with Crippen molar-refractivity contribution in [2.24, 2.45) is 0 Å². The Morgan fingerprint density at radius 3 is 0.821 bits per heavy atom. The van der Waals surface area contributed by atoms with Gasteiger partial charge in [-0.15, -0.1) is 11.1 Å². The van der Waals surface area contributed by atoms with Gasteiger partial charge in [0.25, 0.3) is 0 Å². The van der Waals surface area contributed by atoms with Gasteiger partial charge in [0.15, 0.2) is 0 Å². The molecule has 0 rings (SSSR count). The summed E-state index contributed by atoms with van der Waals surface area (Å²) in [6.07, 6.45) is 0. The molecule has 0 radical (unpaired) electrons. The first-order valence-corrected chi connectivity index (χ1v) is 15.9. The molecule has 162 valence electrons. The molecule has 0 N–H and O–H groups in total. The molecule has 0 saturated carbocycles. The second-order valence-corrected chi connectivity index (χ2v) is 21.9. The zero-order chi connectivity index (χ0) is 22.4. The highest BCUT2D eigenvalue weighted by molar-refractivity contribution is 6.91. The van der Waals surface area contributed by atoms with E-state index in [0.29, 0.717) is 33.2 Å². The Hall–Kier alpha value is -0.486. The standard InChI is InChI=1S/C25H49NSi2/c1-19(2)27(20(3)4,21(5)6)17-15-25(26(13)14)16-18-28(22(7)8,23(9)10)24(11)12/h19-25H,1-14H3. The van der Waals surface area contributed by atoms with Crippen LogP contribution in [0.2, 0.25) is 33.2 Å². The van der Waals surface area contributed by atoms with E-state index < -0.39 is 16.1 Å². The quantitative estimate of drug-likeness (QED) is 0.308. The number of nitrogens with zero attached hydrogens (tertiary/aromatic N) is 1. The summed E-state index contributed by atoms with van der Waals surface area (Å²) in [6.45, 7) is 28.6. The van der Waals surface area contributed by atoms with Gasteiger partial charge >= 0.3 is 0 Å². The first-order valence-electron chi connectivity index (χ1n) is 11.4. The highest BCUT2D eigenvalue weighted by Gasteiger charge is 2.43. The average Bonchev–Trinajstić information content (AvgIpc) is 2.51. The van der Waals surface area contributed by atoms with Crippen molar-refractivity contribution in [3.63, 3.8) is 0 Å². The van der Waals surface area contributed by atoms with Crippen molar-refractivity contribution in [2.75, 3.05) is 14.1 Å². The van der Waals surface area contributed by atoms with Crippen LogP contribution in [0.1, 0.15) is 83.1 Å². The molecule has 0 aliphatic carbocycles. The van der Waals surface area contributed by atoms with Crippen LogP contribution < -0.4 is 0 Å². The Labute approximate surface area is 180 Å². The van der Waals surface area contributed by atoms with E-state index in [-0.39, 0.29) is 6.04 Å². The molecule has 0 aromatic rings. The van der Waals surface area contributed by atoms with E-state index in [0.717, 1.165) is 0 Å². The molecule has 0 spiro atoms. The predicted octanol–water partition coefficient (Wildman–Crippen LogP) is 7.36. The molecular weight excluding hydrogens is 370 g/mol. The van der Waals surface area contributed by atoms with Gasteiger partial charge in [0.1, 0.15) is 22.2 Å². The fourth-order valence-electron chi connectivity index (χ4n) is 5.55. The van der Waals surface area contributed by atoms with Crippen LogP contribution >= 0.6 is 0 Å². The topological polar surface area (TPSA) is 3.24 Å². The van der Waals surface area contributed by atoms with Gasteiger partial charge in [0, 0.05) is 0 Å². The first-order chi connectivity index (χ1) is 12.7. The predicted molar refractivity (Wildman–Crippen MR) is 135 cm³/mol. The van der Waals surface area contributed by atoms with Gasteiger partial charge in [-0.2, -0.15) is 0 Å². The van der Waals surface area contributed by atoms with Gasteiger partial charge in [-0.1, -0.05) is 94.9 Å². The van der Waals surface area contributed by atoms with Crippen molar-refractivity contribution in [3.05, 3.63) is 0 Å². The van der Waals surface area contributed by atoms with Crippen molar-refractivity contribution >= 4 is 16.1 Å². The maximum atomic E-state index is 3.90. The summed E-state index contributed by atoms with van der Waals surface area (Å²) >= 11 is 0. The lowest BCUT2D eigenvalue weighted by Crippen LogP contribution is -2.44. The van der Waals surface area contributed by atoms with Crippen LogP contribution in [0.15, 0.2) is 0 Å². The van der Waals surface area contributed by atoms with E-state index in [1.165, 1.54) is 0 Å². The monoisotopic (exact) mass is 419 g/mol. The summed E-state index contributed by atoms with van der Waals surface area (Å²) in [6, 6.07) is 0.0336. The fourth-order valence-corrected chi connectivity index (χ4v) is 16.1. The molecule has 0 heterocycles. The summed E-state index contributed by atoms with van der Waals surface area (Å²) in [5.74, 6) is 7.36. The molecule has 0 amide bonds. The van der Waals surface area contributed by atoms with E-state index in [2.05, 4.69) is 125 Å². The molecular formula is C25H49NSi2. The summed E-state index contributed by atoms with van der Waals surface area (Å²) in [4.78, 5) is 2.21. The largest absolute Gasteiger partial charge is 0.286 e. The molecule has 0 aliphatic heterocycles. The minimum Gasteiger partial charge on any atom is -0.286 e. The molecule has 3 heteroatoms. The van der Waals surface area contributed by atoms with E-state index in [1.807, 2.05) is 0 Å². The van der Waals surface area contributed by atoms with E-state index in [9.17, 15) is 0 Å². The summed E-state index contributed by atoms with van der Waals surface area (Å²) in [5, 5.41) is 0. The Bertz CT molecular complexity index is 498. The van der Waals surface area contributed by atoms with E-state index in [4.69, 9.17) is 0 Å². The fraction of sp³-hybridized carbons (Fsp3) is 0.840. The van der Waals surface area contributed by atoms with Crippen LogP contribution in [0.4, 0.5) is 0 Å². The lowest BCUT2D eigenvalue weighted by Gasteiger charge is -2.38. The summed E-state index contributed by atoms with van der Waals surface area (Å²) in [7, 11) is 0.810. The highest BCUT2D eigenvalue weighted by Crippen LogP contribution is 2.41. The lowest BCUT2D eigenvalue weighted by atomic mass is 10.3. The molecule has 0 bridgehead atoms. The van der Waals surface area contributed by atoms with E-state index >= 15 is 0 Å². The van der Waals surface area contributed by atoms with Crippen LogP contribution in [0.5, 0.6) is 0 Å².